The lowest BCUT2D eigenvalue weighted by Crippen LogP contribution is -2.21. The van der Waals surface area contributed by atoms with Gasteiger partial charge in [0, 0.05) is 12.1 Å². The lowest BCUT2D eigenvalue weighted by Gasteiger charge is -2.05. The van der Waals surface area contributed by atoms with Crippen molar-refractivity contribution in [2.45, 2.75) is 59.0 Å². The van der Waals surface area contributed by atoms with Crippen LogP contribution in [0.25, 0.3) is 6.08 Å². The second kappa shape index (κ2) is 7.31. The Morgan fingerprint density at radius 3 is 2.83 bits per heavy atom. The zero-order chi connectivity index (χ0) is 17.3. The fourth-order valence-corrected chi connectivity index (χ4v) is 4.19. The third-order valence-electron chi connectivity index (χ3n) is 4.20. The number of hydrogen-bond donors (Lipinski definition) is 1. The minimum absolute atomic E-state index is 0.108. The molecular formula is C17H23ClN4OS. The quantitative estimate of drug-likeness (QED) is 0.819. The number of carbonyl (C=O) groups is 1. The topological polar surface area (TPSA) is 59.3 Å². The standard InChI is InChI=1S/C17H23ClN4OS/c1-10(2)9-22-15(18)13(11(3)21-22)8-14-16(23)20-17(24-14)19-12-6-4-5-7-12/h8,10,12H,4-7,9H2,1-3H3,(H,19,20,23)/b14-8+. The summed E-state index contributed by atoms with van der Waals surface area (Å²) in [6.07, 6.45) is 6.52. The Morgan fingerprint density at radius 2 is 2.17 bits per heavy atom. The highest BCUT2D eigenvalue weighted by atomic mass is 35.5. The Kier molecular flexibility index (Phi) is 5.35. The van der Waals surface area contributed by atoms with E-state index in [-0.39, 0.29) is 5.91 Å². The number of halogens is 1. The average Bonchev–Trinajstić information content (AvgIpc) is 3.18. The third kappa shape index (κ3) is 3.86. The fourth-order valence-electron chi connectivity index (χ4n) is 3.02. The normalized spacial score (nSPS) is 22.3. The number of thioether (sulfide) groups is 1. The number of carbonyl (C=O) groups excluding carboxylic acids is 1. The molecule has 1 aliphatic heterocycles. The van der Waals surface area contributed by atoms with Crippen LogP contribution >= 0.6 is 23.4 Å². The van der Waals surface area contributed by atoms with Gasteiger partial charge in [-0.2, -0.15) is 5.10 Å². The van der Waals surface area contributed by atoms with Gasteiger partial charge in [-0.25, -0.2) is 0 Å². The van der Waals surface area contributed by atoms with E-state index in [1.54, 1.807) is 4.68 Å². The lowest BCUT2D eigenvalue weighted by molar-refractivity contribution is -0.115. The van der Waals surface area contributed by atoms with Gasteiger partial charge in [-0.1, -0.05) is 38.3 Å². The summed E-state index contributed by atoms with van der Waals surface area (Å²) in [5, 5.41) is 8.65. The van der Waals surface area contributed by atoms with Gasteiger partial charge in [0.25, 0.3) is 5.91 Å². The summed E-state index contributed by atoms with van der Waals surface area (Å²) in [4.78, 5) is 17.5. The van der Waals surface area contributed by atoms with Gasteiger partial charge < -0.3 is 5.32 Å². The van der Waals surface area contributed by atoms with E-state index in [2.05, 4.69) is 29.3 Å². The molecule has 1 aromatic heterocycles. The average molecular weight is 367 g/mol. The van der Waals surface area contributed by atoms with Crippen molar-refractivity contribution in [3.05, 3.63) is 21.3 Å². The Hall–Kier alpha value is -1.27. The molecule has 3 rings (SSSR count). The summed E-state index contributed by atoms with van der Waals surface area (Å²) in [6, 6.07) is 0.353. The molecule has 5 nitrogen and oxygen atoms in total. The van der Waals surface area contributed by atoms with Crippen LogP contribution in [0.4, 0.5) is 0 Å². The molecule has 0 radical (unpaired) electrons. The molecule has 1 amide bonds. The van der Waals surface area contributed by atoms with E-state index in [4.69, 9.17) is 11.6 Å². The van der Waals surface area contributed by atoms with Crippen LogP contribution in [-0.2, 0) is 11.3 Å². The van der Waals surface area contributed by atoms with E-state index in [1.807, 2.05) is 13.0 Å². The largest absolute Gasteiger partial charge is 0.301 e. The monoisotopic (exact) mass is 366 g/mol. The van der Waals surface area contributed by atoms with E-state index < -0.39 is 0 Å². The summed E-state index contributed by atoms with van der Waals surface area (Å²) in [7, 11) is 0. The summed E-state index contributed by atoms with van der Waals surface area (Å²) >= 11 is 7.85. The first-order valence-electron chi connectivity index (χ1n) is 8.45. The van der Waals surface area contributed by atoms with Crippen LogP contribution in [0.2, 0.25) is 5.15 Å². The van der Waals surface area contributed by atoms with Gasteiger partial charge in [-0.3, -0.25) is 14.5 Å². The molecule has 1 N–H and O–H groups in total. The maximum absolute atomic E-state index is 12.2. The minimum Gasteiger partial charge on any atom is -0.301 e. The number of aromatic nitrogens is 2. The number of amidine groups is 1. The molecule has 130 valence electrons. The summed E-state index contributed by atoms with van der Waals surface area (Å²) in [6.45, 7) is 6.92. The van der Waals surface area contributed by atoms with Gasteiger partial charge in [0.2, 0.25) is 0 Å². The molecule has 0 bridgehead atoms. The van der Waals surface area contributed by atoms with Gasteiger partial charge in [0.05, 0.1) is 16.6 Å². The van der Waals surface area contributed by atoms with E-state index in [0.29, 0.717) is 27.2 Å². The first-order valence-corrected chi connectivity index (χ1v) is 9.65. The van der Waals surface area contributed by atoms with Crippen molar-refractivity contribution < 1.29 is 4.79 Å². The number of nitrogens with zero attached hydrogens (tertiary/aromatic N) is 3. The van der Waals surface area contributed by atoms with E-state index >= 15 is 0 Å². The highest BCUT2D eigenvalue weighted by molar-refractivity contribution is 8.18. The minimum atomic E-state index is -0.108. The van der Waals surface area contributed by atoms with Crippen molar-refractivity contribution in [3.8, 4) is 0 Å². The first kappa shape index (κ1) is 17.5. The molecular weight excluding hydrogens is 344 g/mol. The Labute approximate surface area is 151 Å². The predicted molar refractivity (Wildman–Crippen MR) is 100 cm³/mol. The maximum atomic E-state index is 12.2. The Morgan fingerprint density at radius 1 is 1.46 bits per heavy atom. The van der Waals surface area contributed by atoms with Crippen LogP contribution < -0.4 is 5.32 Å². The first-order chi connectivity index (χ1) is 11.4. The molecule has 0 unspecified atom stereocenters. The van der Waals surface area contributed by atoms with E-state index in [1.165, 1.54) is 24.6 Å². The Balaban J connectivity index is 1.81. The molecule has 24 heavy (non-hydrogen) atoms. The molecule has 1 aromatic rings. The maximum Gasteiger partial charge on any atom is 0.264 e. The second-order valence-corrected chi connectivity index (χ2v) is 8.19. The van der Waals surface area contributed by atoms with Crippen molar-refractivity contribution >= 4 is 40.5 Å². The molecule has 2 aliphatic rings. The highest BCUT2D eigenvalue weighted by Gasteiger charge is 2.26. The highest BCUT2D eigenvalue weighted by Crippen LogP contribution is 2.31. The molecule has 1 aliphatic carbocycles. The van der Waals surface area contributed by atoms with Crippen LogP contribution in [0.3, 0.4) is 0 Å². The van der Waals surface area contributed by atoms with Gasteiger partial charge in [-0.15, -0.1) is 0 Å². The number of nitrogens with one attached hydrogen (secondary N) is 1. The zero-order valence-electron chi connectivity index (χ0n) is 14.3. The van der Waals surface area contributed by atoms with Crippen molar-refractivity contribution in [2.75, 3.05) is 0 Å². The van der Waals surface area contributed by atoms with Crippen LogP contribution in [-0.4, -0.2) is 26.9 Å². The zero-order valence-corrected chi connectivity index (χ0v) is 15.9. The van der Waals surface area contributed by atoms with Crippen molar-refractivity contribution in [1.82, 2.24) is 15.1 Å². The number of hydrogen-bond acceptors (Lipinski definition) is 4. The number of amides is 1. The molecule has 0 atom stereocenters. The molecule has 2 heterocycles. The molecule has 0 spiro atoms. The summed E-state index contributed by atoms with van der Waals surface area (Å²) in [5.74, 6) is 0.348. The predicted octanol–water partition coefficient (Wildman–Crippen LogP) is 4.00. The number of rotatable bonds is 4. The number of aliphatic imine (C=N–C) groups is 1. The molecule has 1 saturated carbocycles. The molecule has 7 heteroatoms. The molecule has 0 aromatic carbocycles. The van der Waals surface area contributed by atoms with Gasteiger partial charge in [0.15, 0.2) is 5.17 Å². The lowest BCUT2D eigenvalue weighted by atomic mass is 10.2. The smallest absolute Gasteiger partial charge is 0.264 e. The summed E-state index contributed by atoms with van der Waals surface area (Å²) in [5.41, 5.74) is 1.65. The summed E-state index contributed by atoms with van der Waals surface area (Å²) < 4.78 is 1.80. The second-order valence-electron chi connectivity index (χ2n) is 6.80. The van der Waals surface area contributed by atoms with Gasteiger partial charge in [-0.05, 0) is 43.5 Å². The molecule has 2 fully saturated rings. The van der Waals surface area contributed by atoms with Crippen LogP contribution in [0, 0.1) is 12.8 Å². The van der Waals surface area contributed by atoms with Crippen LogP contribution in [0.15, 0.2) is 9.90 Å². The fraction of sp³-hybridized carbons (Fsp3) is 0.588. The third-order valence-corrected chi connectivity index (χ3v) is 5.52. The van der Waals surface area contributed by atoms with E-state index in [0.717, 1.165) is 30.6 Å². The van der Waals surface area contributed by atoms with Crippen LogP contribution in [0.5, 0.6) is 0 Å². The Bertz CT molecular complexity index is 702. The van der Waals surface area contributed by atoms with Crippen molar-refractivity contribution in [3.63, 3.8) is 0 Å². The van der Waals surface area contributed by atoms with E-state index in [9.17, 15) is 4.79 Å². The van der Waals surface area contributed by atoms with Gasteiger partial charge >= 0.3 is 0 Å². The number of aryl methyl sites for hydroxylation is 1. The van der Waals surface area contributed by atoms with Crippen molar-refractivity contribution in [2.24, 2.45) is 10.9 Å². The van der Waals surface area contributed by atoms with Crippen molar-refractivity contribution in [1.29, 1.82) is 0 Å². The van der Waals surface area contributed by atoms with Crippen LogP contribution in [0.1, 0.15) is 50.8 Å². The SMILES string of the molecule is Cc1nn(CC(C)C)c(Cl)c1/C=C1/SC(=NC2CCCC2)NC1=O. The van der Waals surface area contributed by atoms with Gasteiger partial charge in [0.1, 0.15) is 5.15 Å². The molecule has 1 saturated heterocycles.